The monoisotopic (exact) mass is 352 g/mol. The van der Waals surface area contributed by atoms with Crippen LogP contribution in [-0.2, 0) is 6.54 Å². The van der Waals surface area contributed by atoms with Crippen LogP contribution in [0.4, 0.5) is 0 Å². The maximum atomic E-state index is 13.0. The lowest BCUT2D eigenvalue weighted by molar-refractivity contribution is 0.0941. The van der Waals surface area contributed by atoms with Crippen LogP contribution in [0.5, 0.6) is 5.75 Å². The van der Waals surface area contributed by atoms with Crippen LogP contribution in [0, 0.1) is 13.8 Å². The zero-order valence-corrected chi connectivity index (χ0v) is 15.8. The molecule has 0 fully saturated rings. The van der Waals surface area contributed by atoms with E-state index in [0.29, 0.717) is 12.1 Å². The third-order valence-electron chi connectivity index (χ3n) is 4.51. The molecule has 2 heterocycles. The summed E-state index contributed by atoms with van der Waals surface area (Å²) in [6.45, 7) is 8.50. The molecule has 0 spiro atoms. The first-order valence-corrected chi connectivity index (χ1v) is 8.74. The predicted octanol–water partition coefficient (Wildman–Crippen LogP) is 3.57. The highest BCUT2D eigenvalue weighted by atomic mass is 16.5. The highest BCUT2D eigenvalue weighted by Gasteiger charge is 2.20. The van der Waals surface area contributed by atoms with Gasteiger partial charge in [0.2, 0.25) is 0 Å². The van der Waals surface area contributed by atoms with Gasteiger partial charge >= 0.3 is 0 Å². The normalized spacial score (nSPS) is 12.2. The first-order chi connectivity index (χ1) is 12.4. The van der Waals surface area contributed by atoms with E-state index in [1.165, 1.54) is 0 Å². The van der Waals surface area contributed by atoms with Gasteiger partial charge < -0.3 is 10.1 Å². The van der Waals surface area contributed by atoms with Gasteiger partial charge in [-0.3, -0.25) is 4.79 Å². The summed E-state index contributed by atoms with van der Waals surface area (Å²) < 4.78 is 7.02. The van der Waals surface area contributed by atoms with Crippen LogP contribution in [0.25, 0.3) is 11.0 Å². The molecule has 0 bridgehead atoms. The standard InChI is InChI=1S/C20H24N4O2/c1-6-24-19-18(14(4)23-24)17(11-12(2)21-19)20(25)22-13(3)15-7-9-16(26-5)10-8-15/h7-11,13H,6H2,1-5H3,(H,22,25). The molecule has 1 unspecified atom stereocenters. The molecule has 0 saturated heterocycles. The maximum absolute atomic E-state index is 13.0. The number of methoxy groups -OCH3 is 1. The van der Waals surface area contributed by atoms with Crippen molar-refractivity contribution in [2.45, 2.75) is 40.3 Å². The van der Waals surface area contributed by atoms with E-state index in [0.717, 1.165) is 33.7 Å². The number of aryl methyl sites for hydroxylation is 3. The molecule has 3 aromatic rings. The number of nitrogens with zero attached hydrogens (tertiary/aromatic N) is 3. The Morgan fingerprint density at radius 3 is 2.58 bits per heavy atom. The predicted molar refractivity (Wildman–Crippen MR) is 102 cm³/mol. The Morgan fingerprint density at radius 1 is 1.27 bits per heavy atom. The smallest absolute Gasteiger partial charge is 0.252 e. The van der Waals surface area contributed by atoms with Gasteiger partial charge in [-0.05, 0) is 51.5 Å². The minimum absolute atomic E-state index is 0.123. The average molecular weight is 352 g/mol. The van der Waals surface area contributed by atoms with Crippen LogP contribution >= 0.6 is 0 Å². The van der Waals surface area contributed by atoms with Gasteiger partial charge in [-0.1, -0.05) is 12.1 Å². The van der Waals surface area contributed by atoms with Crippen molar-refractivity contribution in [1.29, 1.82) is 0 Å². The Balaban J connectivity index is 1.93. The van der Waals surface area contributed by atoms with Crippen molar-refractivity contribution < 1.29 is 9.53 Å². The van der Waals surface area contributed by atoms with Crippen molar-refractivity contribution in [3.05, 3.63) is 52.8 Å². The summed E-state index contributed by atoms with van der Waals surface area (Å²) in [6, 6.07) is 9.39. The number of amides is 1. The summed E-state index contributed by atoms with van der Waals surface area (Å²) in [5.41, 5.74) is 4.01. The molecule has 0 aliphatic rings. The number of pyridine rings is 1. The molecule has 26 heavy (non-hydrogen) atoms. The van der Waals surface area contributed by atoms with Crippen molar-refractivity contribution in [1.82, 2.24) is 20.1 Å². The van der Waals surface area contributed by atoms with Gasteiger partial charge in [-0.15, -0.1) is 0 Å². The van der Waals surface area contributed by atoms with Crippen molar-refractivity contribution in [3.8, 4) is 5.75 Å². The zero-order valence-electron chi connectivity index (χ0n) is 15.8. The first kappa shape index (κ1) is 17.9. The molecule has 6 heteroatoms. The van der Waals surface area contributed by atoms with E-state index in [9.17, 15) is 4.79 Å². The lowest BCUT2D eigenvalue weighted by Crippen LogP contribution is -2.27. The van der Waals surface area contributed by atoms with Gasteiger partial charge in [0.25, 0.3) is 5.91 Å². The van der Waals surface area contributed by atoms with Crippen LogP contribution in [0.15, 0.2) is 30.3 Å². The minimum Gasteiger partial charge on any atom is -0.497 e. The zero-order chi connectivity index (χ0) is 18.8. The number of hydrogen-bond acceptors (Lipinski definition) is 4. The largest absolute Gasteiger partial charge is 0.497 e. The Hall–Kier alpha value is -2.89. The van der Waals surface area contributed by atoms with Gasteiger partial charge in [-0.2, -0.15) is 5.10 Å². The number of rotatable bonds is 5. The van der Waals surface area contributed by atoms with E-state index < -0.39 is 0 Å². The van der Waals surface area contributed by atoms with E-state index >= 15 is 0 Å². The van der Waals surface area contributed by atoms with E-state index in [1.54, 1.807) is 7.11 Å². The van der Waals surface area contributed by atoms with E-state index in [2.05, 4.69) is 15.4 Å². The second-order valence-electron chi connectivity index (χ2n) is 6.38. The lowest BCUT2D eigenvalue weighted by atomic mass is 10.1. The lowest BCUT2D eigenvalue weighted by Gasteiger charge is -2.15. The molecule has 2 aromatic heterocycles. The summed E-state index contributed by atoms with van der Waals surface area (Å²) in [5, 5.41) is 8.40. The van der Waals surface area contributed by atoms with Crippen molar-refractivity contribution in [2.75, 3.05) is 7.11 Å². The third-order valence-corrected chi connectivity index (χ3v) is 4.51. The van der Waals surface area contributed by atoms with Gasteiger partial charge in [0.05, 0.1) is 29.8 Å². The number of nitrogens with one attached hydrogen (secondary N) is 1. The number of carbonyl (C=O) groups is 1. The average Bonchev–Trinajstić information content (AvgIpc) is 2.96. The fourth-order valence-electron chi connectivity index (χ4n) is 3.13. The van der Waals surface area contributed by atoms with Gasteiger partial charge in [0, 0.05) is 12.2 Å². The van der Waals surface area contributed by atoms with Crippen molar-refractivity contribution in [2.24, 2.45) is 0 Å². The molecule has 0 saturated carbocycles. The Morgan fingerprint density at radius 2 is 1.96 bits per heavy atom. The maximum Gasteiger partial charge on any atom is 0.252 e. The SMILES string of the molecule is CCn1nc(C)c2c(C(=O)NC(C)c3ccc(OC)cc3)cc(C)nc21. The molecule has 1 amide bonds. The summed E-state index contributed by atoms with van der Waals surface area (Å²) in [6.07, 6.45) is 0. The van der Waals surface area contributed by atoms with Crippen LogP contribution in [0.2, 0.25) is 0 Å². The number of benzene rings is 1. The van der Waals surface area contributed by atoms with Crippen LogP contribution in [-0.4, -0.2) is 27.8 Å². The summed E-state index contributed by atoms with van der Waals surface area (Å²) in [4.78, 5) is 17.5. The second kappa shape index (κ2) is 7.15. The Kier molecular flexibility index (Phi) is 4.93. The molecule has 1 atom stereocenters. The summed E-state index contributed by atoms with van der Waals surface area (Å²) in [7, 11) is 1.63. The highest BCUT2D eigenvalue weighted by molar-refractivity contribution is 6.06. The number of hydrogen-bond donors (Lipinski definition) is 1. The molecule has 0 aliphatic heterocycles. The van der Waals surface area contributed by atoms with E-state index in [4.69, 9.17) is 4.74 Å². The Bertz CT molecular complexity index is 945. The summed E-state index contributed by atoms with van der Waals surface area (Å²) >= 11 is 0. The first-order valence-electron chi connectivity index (χ1n) is 8.74. The van der Waals surface area contributed by atoms with E-state index in [1.807, 2.05) is 62.7 Å². The van der Waals surface area contributed by atoms with Crippen LogP contribution < -0.4 is 10.1 Å². The fourth-order valence-corrected chi connectivity index (χ4v) is 3.13. The molecule has 3 rings (SSSR count). The molecular weight excluding hydrogens is 328 g/mol. The van der Waals surface area contributed by atoms with E-state index in [-0.39, 0.29) is 11.9 Å². The minimum atomic E-state index is -0.126. The Labute approximate surface area is 153 Å². The third kappa shape index (κ3) is 3.27. The molecule has 1 aromatic carbocycles. The molecule has 136 valence electrons. The van der Waals surface area contributed by atoms with Crippen LogP contribution in [0.3, 0.4) is 0 Å². The summed E-state index contributed by atoms with van der Waals surface area (Å²) in [5.74, 6) is 0.670. The van der Waals surface area contributed by atoms with Gasteiger partial charge in [0.1, 0.15) is 5.75 Å². The molecule has 6 nitrogen and oxygen atoms in total. The quantitative estimate of drug-likeness (QED) is 0.762. The topological polar surface area (TPSA) is 69.0 Å². The molecular formula is C20H24N4O2. The highest BCUT2D eigenvalue weighted by Crippen LogP contribution is 2.24. The second-order valence-corrected chi connectivity index (χ2v) is 6.38. The number of ether oxygens (including phenoxy) is 1. The van der Waals surface area contributed by atoms with Crippen LogP contribution in [0.1, 0.15) is 47.2 Å². The molecule has 0 radical (unpaired) electrons. The van der Waals surface area contributed by atoms with Gasteiger partial charge in [0.15, 0.2) is 5.65 Å². The number of aromatic nitrogens is 3. The molecule has 0 aliphatic carbocycles. The van der Waals surface area contributed by atoms with Crippen molar-refractivity contribution >= 4 is 16.9 Å². The molecule has 1 N–H and O–H groups in total. The fraction of sp³-hybridized carbons (Fsp3) is 0.350. The van der Waals surface area contributed by atoms with Gasteiger partial charge in [-0.25, -0.2) is 9.67 Å². The van der Waals surface area contributed by atoms with Crippen molar-refractivity contribution in [3.63, 3.8) is 0 Å². The number of fused-ring (bicyclic) bond motifs is 1. The number of carbonyl (C=O) groups excluding carboxylic acids is 1.